The molecule has 1 aromatic carbocycles. The van der Waals surface area contributed by atoms with E-state index in [-0.39, 0.29) is 6.04 Å². The summed E-state index contributed by atoms with van der Waals surface area (Å²) in [5, 5.41) is 0. The van der Waals surface area contributed by atoms with Crippen molar-refractivity contribution in [3.8, 4) is 11.5 Å². The van der Waals surface area contributed by atoms with Crippen LogP contribution < -0.4 is 15.2 Å². The Bertz CT molecular complexity index is 423. The highest BCUT2D eigenvalue weighted by Gasteiger charge is 2.18. The van der Waals surface area contributed by atoms with Crippen LogP contribution in [0, 0.1) is 0 Å². The highest BCUT2D eigenvalue weighted by Crippen LogP contribution is 2.39. The molecule has 0 bridgehead atoms. The Hall–Kier alpha value is -0.780. The van der Waals surface area contributed by atoms with Gasteiger partial charge in [-0.1, -0.05) is 13.8 Å². The van der Waals surface area contributed by atoms with Crippen LogP contribution in [-0.4, -0.2) is 38.8 Å². The van der Waals surface area contributed by atoms with E-state index in [2.05, 4.69) is 34.7 Å². The van der Waals surface area contributed by atoms with E-state index < -0.39 is 0 Å². The van der Waals surface area contributed by atoms with Gasteiger partial charge in [-0.25, -0.2) is 0 Å². The van der Waals surface area contributed by atoms with E-state index in [9.17, 15) is 0 Å². The Morgan fingerprint density at radius 3 is 2.35 bits per heavy atom. The maximum absolute atomic E-state index is 6.32. The summed E-state index contributed by atoms with van der Waals surface area (Å²) < 4.78 is 11.6. The van der Waals surface area contributed by atoms with Gasteiger partial charge in [0.05, 0.1) is 14.2 Å². The fourth-order valence-corrected chi connectivity index (χ4v) is 2.91. The molecule has 0 radical (unpaired) electrons. The molecule has 0 fully saturated rings. The number of methoxy groups -OCH3 is 2. The van der Waals surface area contributed by atoms with Crippen molar-refractivity contribution < 1.29 is 9.47 Å². The Labute approximate surface area is 130 Å². The van der Waals surface area contributed by atoms with Crippen LogP contribution in [-0.2, 0) is 0 Å². The smallest absolute Gasteiger partial charge is 0.141 e. The number of nitrogens with zero attached hydrogens (tertiary/aromatic N) is 1. The second kappa shape index (κ2) is 8.49. The molecule has 5 heteroatoms. The minimum Gasteiger partial charge on any atom is -0.495 e. The fourth-order valence-electron chi connectivity index (χ4n) is 2.23. The topological polar surface area (TPSA) is 47.7 Å². The molecule has 0 saturated heterocycles. The van der Waals surface area contributed by atoms with E-state index in [0.717, 1.165) is 47.6 Å². The van der Waals surface area contributed by atoms with Crippen molar-refractivity contribution in [2.75, 3.05) is 33.9 Å². The summed E-state index contributed by atoms with van der Waals surface area (Å²) in [6.45, 7) is 7.42. The molecule has 0 spiro atoms. The minimum absolute atomic E-state index is 0.0484. The van der Waals surface area contributed by atoms with Gasteiger partial charge in [-0.3, -0.25) is 0 Å². The summed E-state index contributed by atoms with van der Waals surface area (Å²) in [5.74, 6) is 1.51. The molecular weight excluding hydrogens is 320 g/mol. The molecule has 2 N–H and O–H groups in total. The lowest BCUT2D eigenvalue weighted by Gasteiger charge is -2.22. The lowest BCUT2D eigenvalue weighted by Crippen LogP contribution is -2.27. The molecule has 1 aromatic rings. The third kappa shape index (κ3) is 4.11. The van der Waals surface area contributed by atoms with Crippen LogP contribution in [0.15, 0.2) is 16.6 Å². The van der Waals surface area contributed by atoms with Crippen molar-refractivity contribution in [1.29, 1.82) is 0 Å². The van der Waals surface area contributed by atoms with E-state index in [1.807, 2.05) is 12.1 Å². The van der Waals surface area contributed by atoms with Gasteiger partial charge >= 0.3 is 0 Å². The molecule has 0 saturated carbocycles. The van der Waals surface area contributed by atoms with Gasteiger partial charge in [0.2, 0.25) is 0 Å². The molecule has 0 heterocycles. The quantitative estimate of drug-likeness (QED) is 0.786. The average molecular weight is 345 g/mol. The van der Waals surface area contributed by atoms with Crippen LogP contribution in [0.3, 0.4) is 0 Å². The second-order valence-electron chi connectivity index (χ2n) is 4.63. The average Bonchev–Trinajstić information content (AvgIpc) is 2.47. The van der Waals surface area contributed by atoms with Crippen molar-refractivity contribution in [2.24, 2.45) is 5.73 Å². The van der Waals surface area contributed by atoms with Crippen molar-refractivity contribution >= 4 is 15.9 Å². The molecule has 1 atom stereocenters. The van der Waals surface area contributed by atoms with Crippen molar-refractivity contribution in [3.63, 3.8) is 0 Å². The molecule has 0 aliphatic carbocycles. The molecule has 4 nitrogen and oxygen atoms in total. The van der Waals surface area contributed by atoms with Gasteiger partial charge in [-0.05, 0) is 54.1 Å². The zero-order valence-electron chi connectivity index (χ0n) is 12.8. The molecule has 0 amide bonds. The van der Waals surface area contributed by atoms with Crippen LogP contribution in [0.2, 0.25) is 0 Å². The highest BCUT2D eigenvalue weighted by atomic mass is 79.9. The summed E-state index contributed by atoms with van der Waals surface area (Å²) in [6, 6.07) is 3.85. The van der Waals surface area contributed by atoms with Crippen LogP contribution in [0.1, 0.15) is 31.9 Å². The van der Waals surface area contributed by atoms with Gasteiger partial charge in [-0.2, -0.15) is 0 Å². The predicted octanol–water partition coefficient (Wildman–Crippen LogP) is 3.20. The third-order valence-electron chi connectivity index (χ3n) is 3.57. The standard InChI is InChI=1S/C15H25BrN2O2/c1-5-18(6-2)10-9-12(17)11-7-8-13(19-3)14(16)15(11)20-4/h7-8,12H,5-6,9-10,17H2,1-4H3. The summed E-state index contributed by atoms with van der Waals surface area (Å²) in [5.41, 5.74) is 7.33. The first-order valence-corrected chi connectivity index (χ1v) is 7.76. The van der Waals surface area contributed by atoms with Gasteiger partial charge in [0.25, 0.3) is 0 Å². The highest BCUT2D eigenvalue weighted by molar-refractivity contribution is 9.10. The number of hydrogen-bond acceptors (Lipinski definition) is 4. The number of halogens is 1. The van der Waals surface area contributed by atoms with Crippen molar-refractivity contribution in [3.05, 3.63) is 22.2 Å². The first-order chi connectivity index (χ1) is 9.58. The van der Waals surface area contributed by atoms with Crippen LogP contribution >= 0.6 is 15.9 Å². The fraction of sp³-hybridized carbons (Fsp3) is 0.600. The lowest BCUT2D eigenvalue weighted by molar-refractivity contribution is 0.289. The Balaban J connectivity index is 2.87. The Morgan fingerprint density at radius 1 is 1.20 bits per heavy atom. The number of hydrogen-bond donors (Lipinski definition) is 1. The van der Waals surface area contributed by atoms with Gasteiger partial charge < -0.3 is 20.1 Å². The monoisotopic (exact) mass is 344 g/mol. The summed E-state index contributed by atoms with van der Waals surface area (Å²) in [4.78, 5) is 2.37. The second-order valence-corrected chi connectivity index (χ2v) is 5.42. The normalized spacial score (nSPS) is 12.6. The van der Waals surface area contributed by atoms with E-state index in [4.69, 9.17) is 15.2 Å². The van der Waals surface area contributed by atoms with E-state index in [1.165, 1.54) is 0 Å². The maximum atomic E-state index is 6.32. The zero-order valence-corrected chi connectivity index (χ0v) is 14.4. The summed E-state index contributed by atoms with van der Waals surface area (Å²) in [6.07, 6.45) is 0.900. The molecule has 1 rings (SSSR count). The van der Waals surface area contributed by atoms with Gasteiger partial charge in [-0.15, -0.1) is 0 Å². The van der Waals surface area contributed by atoms with Crippen LogP contribution in [0.25, 0.3) is 0 Å². The molecule has 0 aliphatic rings. The number of ether oxygens (including phenoxy) is 2. The predicted molar refractivity (Wildman–Crippen MR) is 86.6 cm³/mol. The van der Waals surface area contributed by atoms with E-state index in [0.29, 0.717) is 0 Å². The molecule has 0 aromatic heterocycles. The van der Waals surface area contributed by atoms with Crippen molar-refractivity contribution in [2.45, 2.75) is 26.3 Å². The van der Waals surface area contributed by atoms with Crippen LogP contribution in [0.4, 0.5) is 0 Å². The SMILES string of the molecule is CCN(CC)CCC(N)c1ccc(OC)c(Br)c1OC. The largest absolute Gasteiger partial charge is 0.495 e. The first-order valence-electron chi connectivity index (χ1n) is 6.97. The molecular formula is C15H25BrN2O2. The minimum atomic E-state index is -0.0484. The lowest BCUT2D eigenvalue weighted by atomic mass is 10.0. The molecule has 114 valence electrons. The number of benzene rings is 1. The van der Waals surface area contributed by atoms with Gasteiger partial charge in [0.1, 0.15) is 16.0 Å². The van der Waals surface area contributed by atoms with E-state index >= 15 is 0 Å². The molecule has 1 unspecified atom stereocenters. The number of nitrogens with two attached hydrogens (primary N) is 1. The maximum Gasteiger partial charge on any atom is 0.141 e. The summed E-state index contributed by atoms with van der Waals surface area (Å²) >= 11 is 3.51. The molecule has 20 heavy (non-hydrogen) atoms. The van der Waals surface area contributed by atoms with E-state index in [1.54, 1.807) is 14.2 Å². The number of rotatable bonds is 8. The molecule has 0 aliphatic heterocycles. The van der Waals surface area contributed by atoms with Gasteiger partial charge in [0.15, 0.2) is 0 Å². The van der Waals surface area contributed by atoms with Crippen LogP contribution in [0.5, 0.6) is 11.5 Å². The Kier molecular flexibility index (Phi) is 7.34. The summed E-state index contributed by atoms with van der Waals surface area (Å²) in [7, 11) is 3.29. The zero-order chi connectivity index (χ0) is 15.1. The Morgan fingerprint density at radius 2 is 1.85 bits per heavy atom. The third-order valence-corrected chi connectivity index (χ3v) is 4.32. The first kappa shape index (κ1) is 17.3. The van der Waals surface area contributed by atoms with Gasteiger partial charge in [0, 0.05) is 11.6 Å². The van der Waals surface area contributed by atoms with Crippen molar-refractivity contribution in [1.82, 2.24) is 4.90 Å².